The summed E-state index contributed by atoms with van der Waals surface area (Å²) in [5.41, 5.74) is 0. The number of carbonyl (C=O) groups excluding carboxylic acids is 1. The lowest BCUT2D eigenvalue weighted by atomic mass is 10.1. The summed E-state index contributed by atoms with van der Waals surface area (Å²) in [6, 6.07) is 0. The molecule has 0 fully saturated rings. The van der Waals surface area contributed by atoms with Crippen molar-refractivity contribution in [2.24, 2.45) is 5.92 Å². The molecule has 12 heavy (non-hydrogen) atoms. The monoisotopic (exact) mass is 173 g/mol. The molecule has 0 heterocycles. The third-order valence-electron chi connectivity index (χ3n) is 1.66. The van der Waals surface area contributed by atoms with Gasteiger partial charge < -0.3 is 4.74 Å². The van der Waals surface area contributed by atoms with E-state index in [1.165, 1.54) is 0 Å². The van der Waals surface area contributed by atoms with Crippen LogP contribution in [0.25, 0.3) is 0 Å². The van der Waals surface area contributed by atoms with Crippen LogP contribution in [0.15, 0.2) is 0 Å². The third-order valence-corrected chi connectivity index (χ3v) is 1.66. The lowest BCUT2D eigenvalue weighted by Crippen LogP contribution is -2.15. The second-order valence-corrected chi connectivity index (χ2v) is 2.91. The molecule has 3 heteroatoms. The van der Waals surface area contributed by atoms with Gasteiger partial charge in [0.2, 0.25) is 0 Å². The van der Waals surface area contributed by atoms with Gasteiger partial charge >= 0.3 is 5.97 Å². The zero-order chi connectivity index (χ0) is 9.40. The first-order chi connectivity index (χ1) is 5.72. The summed E-state index contributed by atoms with van der Waals surface area (Å²) in [5.74, 6) is -0.202. The molecule has 71 valence electrons. The fourth-order valence-electron chi connectivity index (χ4n) is 0.925. The zero-order valence-electron chi connectivity index (χ0n) is 7.84. The Morgan fingerprint density at radius 1 is 1.50 bits per heavy atom. The van der Waals surface area contributed by atoms with Crippen molar-refractivity contribution in [2.75, 3.05) is 13.2 Å². The fraction of sp³-hybridized carbons (Fsp3) is 0.889. The highest BCUT2D eigenvalue weighted by Gasteiger charge is 2.12. The maximum atomic E-state index is 11.1. The summed E-state index contributed by atoms with van der Waals surface area (Å²) < 4.78 is 4.86. The van der Waals surface area contributed by atoms with Gasteiger partial charge in [0.15, 0.2) is 0 Å². The number of carbonyl (C=O) groups is 1. The first-order valence-corrected chi connectivity index (χ1v) is 4.47. The van der Waals surface area contributed by atoms with Crippen molar-refractivity contribution < 1.29 is 14.6 Å². The van der Waals surface area contributed by atoms with Crippen LogP contribution in [0.3, 0.4) is 0 Å². The maximum Gasteiger partial charge on any atom is 0.308 e. The van der Waals surface area contributed by atoms with Crippen LogP contribution in [0.1, 0.15) is 33.1 Å². The van der Waals surface area contributed by atoms with Crippen molar-refractivity contribution >= 4 is 5.97 Å². The number of rotatable bonds is 6. The van der Waals surface area contributed by atoms with E-state index in [0.29, 0.717) is 6.42 Å². The van der Waals surface area contributed by atoms with Gasteiger partial charge in [0.1, 0.15) is 0 Å². The Morgan fingerprint density at radius 2 is 2.17 bits per heavy atom. The Morgan fingerprint density at radius 3 is 2.67 bits per heavy atom. The molecule has 0 amide bonds. The highest BCUT2D eigenvalue weighted by molar-refractivity contribution is 5.71. The van der Waals surface area contributed by atoms with Crippen LogP contribution in [-0.4, -0.2) is 19.2 Å². The molecule has 0 rings (SSSR count). The van der Waals surface area contributed by atoms with Gasteiger partial charge in [-0.3, -0.25) is 4.79 Å². The van der Waals surface area contributed by atoms with E-state index < -0.39 is 0 Å². The van der Waals surface area contributed by atoms with E-state index in [-0.39, 0.29) is 25.1 Å². The second-order valence-electron chi connectivity index (χ2n) is 2.91. The number of esters is 1. The van der Waals surface area contributed by atoms with Crippen LogP contribution in [0.5, 0.6) is 0 Å². The van der Waals surface area contributed by atoms with Gasteiger partial charge in [-0.05, 0) is 6.42 Å². The van der Waals surface area contributed by atoms with E-state index in [2.05, 4.69) is 0 Å². The van der Waals surface area contributed by atoms with Crippen molar-refractivity contribution in [1.29, 1.82) is 0 Å². The molecule has 0 aromatic heterocycles. The SMILES string of the molecule is CCCC(C)C(=O)OCCC[O]. The lowest BCUT2D eigenvalue weighted by Gasteiger charge is -2.08. The van der Waals surface area contributed by atoms with Crippen LogP contribution in [-0.2, 0) is 14.6 Å². The Bertz CT molecular complexity index is 123. The summed E-state index contributed by atoms with van der Waals surface area (Å²) in [7, 11) is 0. The zero-order valence-corrected chi connectivity index (χ0v) is 7.84. The summed E-state index contributed by atoms with van der Waals surface area (Å²) in [5, 5.41) is 10.0. The average molecular weight is 173 g/mol. The van der Waals surface area contributed by atoms with E-state index in [1.54, 1.807) is 0 Å². The number of ether oxygens (including phenoxy) is 1. The molecule has 1 radical (unpaired) electrons. The number of hydrogen-bond donors (Lipinski definition) is 0. The van der Waals surface area contributed by atoms with Crippen LogP contribution in [0, 0.1) is 5.92 Å². The molecular formula is C9H17O3. The standard InChI is InChI=1S/C9H17O3/c1-3-5-8(2)9(11)12-7-4-6-10/h8H,3-7H2,1-2H3. The molecule has 0 aliphatic heterocycles. The van der Waals surface area contributed by atoms with Crippen molar-refractivity contribution in [3.05, 3.63) is 0 Å². The average Bonchev–Trinajstić information content (AvgIpc) is 2.05. The van der Waals surface area contributed by atoms with E-state index in [0.717, 1.165) is 12.8 Å². The molecule has 0 spiro atoms. The molecule has 3 nitrogen and oxygen atoms in total. The largest absolute Gasteiger partial charge is 0.465 e. The smallest absolute Gasteiger partial charge is 0.308 e. The number of hydrogen-bond acceptors (Lipinski definition) is 2. The minimum absolute atomic E-state index is 0.0262. The van der Waals surface area contributed by atoms with E-state index in [1.807, 2.05) is 13.8 Å². The van der Waals surface area contributed by atoms with Gasteiger partial charge in [0.25, 0.3) is 0 Å². The lowest BCUT2D eigenvalue weighted by molar-refractivity contribution is -0.148. The Balaban J connectivity index is 3.43. The molecule has 0 aliphatic carbocycles. The van der Waals surface area contributed by atoms with Gasteiger partial charge in [0, 0.05) is 6.42 Å². The quantitative estimate of drug-likeness (QED) is 0.454. The van der Waals surface area contributed by atoms with Gasteiger partial charge in [-0.25, -0.2) is 5.11 Å². The first kappa shape index (κ1) is 11.4. The maximum absolute atomic E-state index is 11.1. The first-order valence-electron chi connectivity index (χ1n) is 4.47. The Labute approximate surface area is 73.7 Å². The van der Waals surface area contributed by atoms with Gasteiger partial charge in [-0.15, -0.1) is 0 Å². The molecule has 0 aromatic rings. The normalized spacial score (nSPS) is 12.6. The fourth-order valence-corrected chi connectivity index (χ4v) is 0.925. The molecule has 1 unspecified atom stereocenters. The minimum Gasteiger partial charge on any atom is -0.465 e. The van der Waals surface area contributed by atoms with E-state index in [4.69, 9.17) is 4.74 Å². The van der Waals surface area contributed by atoms with Crippen molar-refractivity contribution in [3.63, 3.8) is 0 Å². The predicted molar refractivity (Wildman–Crippen MR) is 45.2 cm³/mol. The molecular weight excluding hydrogens is 156 g/mol. The molecule has 0 aromatic carbocycles. The molecule has 0 aliphatic rings. The van der Waals surface area contributed by atoms with Crippen molar-refractivity contribution in [1.82, 2.24) is 0 Å². The van der Waals surface area contributed by atoms with Crippen LogP contribution in [0.4, 0.5) is 0 Å². The van der Waals surface area contributed by atoms with Crippen LogP contribution >= 0.6 is 0 Å². The topological polar surface area (TPSA) is 46.2 Å². The van der Waals surface area contributed by atoms with E-state index >= 15 is 0 Å². The van der Waals surface area contributed by atoms with Crippen molar-refractivity contribution in [3.8, 4) is 0 Å². The van der Waals surface area contributed by atoms with Gasteiger partial charge in [0.05, 0.1) is 19.1 Å². The minimum atomic E-state index is -0.176. The molecule has 0 saturated carbocycles. The molecule has 0 N–H and O–H groups in total. The highest BCUT2D eigenvalue weighted by atomic mass is 16.5. The molecule has 1 atom stereocenters. The van der Waals surface area contributed by atoms with Crippen LogP contribution < -0.4 is 0 Å². The molecule has 0 bridgehead atoms. The van der Waals surface area contributed by atoms with Crippen molar-refractivity contribution in [2.45, 2.75) is 33.1 Å². The summed E-state index contributed by atoms with van der Waals surface area (Å²) in [4.78, 5) is 11.1. The Kier molecular flexibility index (Phi) is 6.76. The Hall–Kier alpha value is -0.570. The van der Waals surface area contributed by atoms with Gasteiger partial charge in [-0.2, -0.15) is 0 Å². The summed E-state index contributed by atoms with van der Waals surface area (Å²) in [6.07, 6.45) is 2.26. The second kappa shape index (κ2) is 7.10. The van der Waals surface area contributed by atoms with Gasteiger partial charge in [-0.1, -0.05) is 20.3 Å². The summed E-state index contributed by atoms with van der Waals surface area (Å²) in [6.45, 7) is 3.98. The van der Waals surface area contributed by atoms with Crippen LogP contribution in [0.2, 0.25) is 0 Å². The third kappa shape index (κ3) is 5.13. The molecule has 0 saturated heterocycles. The highest BCUT2D eigenvalue weighted by Crippen LogP contribution is 2.06. The predicted octanol–water partition coefficient (Wildman–Crippen LogP) is 1.79. The summed E-state index contributed by atoms with van der Waals surface area (Å²) >= 11 is 0. The van der Waals surface area contributed by atoms with E-state index in [9.17, 15) is 9.90 Å².